The molecule has 0 saturated carbocycles. The number of nitrogen functional groups attached to an aromatic ring is 1. The van der Waals surface area contributed by atoms with Crippen molar-refractivity contribution in [1.29, 1.82) is 0 Å². The third-order valence-corrected chi connectivity index (χ3v) is 5.16. The molecule has 0 unspecified atom stereocenters. The summed E-state index contributed by atoms with van der Waals surface area (Å²) in [6, 6.07) is 7.18. The summed E-state index contributed by atoms with van der Waals surface area (Å²) in [5.74, 6) is -1.74. The van der Waals surface area contributed by atoms with Gasteiger partial charge in [-0.2, -0.15) is 0 Å². The molecule has 2 N–H and O–H groups in total. The summed E-state index contributed by atoms with van der Waals surface area (Å²) < 4.78 is 51.1. The van der Waals surface area contributed by atoms with Gasteiger partial charge in [-0.15, -0.1) is 0 Å². The molecule has 0 bridgehead atoms. The highest BCUT2D eigenvalue weighted by Crippen LogP contribution is 2.26. The minimum Gasteiger partial charge on any atom is -0.399 e. The molecule has 0 fully saturated rings. The molecule has 0 aliphatic rings. The third kappa shape index (κ3) is 3.16. The Morgan fingerprint density at radius 1 is 1.15 bits per heavy atom. The fourth-order valence-corrected chi connectivity index (χ4v) is 3.73. The topological polar surface area (TPSA) is 60.2 Å². The van der Waals surface area contributed by atoms with Gasteiger partial charge in [-0.05, 0) is 45.8 Å². The molecule has 0 radical (unpaired) electrons. The summed E-state index contributed by atoms with van der Waals surface area (Å²) in [6.45, 7) is 0. The second-order valence-electron chi connectivity index (χ2n) is 4.19. The van der Waals surface area contributed by atoms with E-state index in [4.69, 9.17) is 5.73 Å². The minimum absolute atomic E-state index is 0.0156. The summed E-state index contributed by atoms with van der Waals surface area (Å²) in [5, 5.41) is 0. The quantitative estimate of drug-likeness (QED) is 0.853. The van der Waals surface area contributed by atoms with E-state index in [1.54, 1.807) is 0 Å². The lowest BCUT2D eigenvalue weighted by Crippen LogP contribution is -2.07. The van der Waals surface area contributed by atoms with E-state index < -0.39 is 27.2 Å². The summed E-state index contributed by atoms with van der Waals surface area (Å²) in [7, 11) is -3.81. The van der Waals surface area contributed by atoms with Crippen LogP contribution in [0.15, 0.2) is 45.8 Å². The molecule has 0 aliphatic heterocycles. The monoisotopic (exact) mass is 361 g/mol. The van der Waals surface area contributed by atoms with Gasteiger partial charge in [0, 0.05) is 5.69 Å². The zero-order chi connectivity index (χ0) is 14.9. The largest absolute Gasteiger partial charge is 0.399 e. The molecule has 0 aliphatic carbocycles. The van der Waals surface area contributed by atoms with Gasteiger partial charge in [-0.25, -0.2) is 17.2 Å². The average molecular weight is 362 g/mol. The molecule has 20 heavy (non-hydrogen) atoms. The Bertz CT molecular complexity index is 743. The van der Waals surface area contributed by atoms with E-state index >= 15 is 0 Å². The maximum atomic E-state index is 13.4. The smallest absolute Gasteiger partial charge is 0.182 e. The highest BCUT2D eigenvalue weighted by molar-refractivity contribution is 9.10. The van der Waals surface area contributed by atoms with Gasteiger partial charge in [0.2, 0.25) is 0 Å². The average Bonchev–Trinajstić information content (AvgIpc) is 2.33. The number of nitrogens with two attached hydrogens (primary N) is 1. The van der Waals surface area contributed by atoms with Gasteiger partial charge in [0.25, 0.3) is 0 Å². The van der Waals surface area contributed by atoms with E-state index in [9.17, 15) is 17.2 Å². The highest BCUT2D eigenvalue weighted by Gasteiger charge is 2.19. The molecular weight excluding hydrogens is 352 g/mol. The lowest BCUT2D eigenvalue weighted by atomic mass is 10.2. The van der Waals surface area contributed by atoms with Crippen molar-refractivity contribution in [1.82, 2.24) is 0 Å². The molecular formula is C13H10BrF2NO2S. The second kappa shape index (κ2) is 5.49. The van der Waals surface area contributed by atoms with Crippen LogP contribution in [0.5, 0.6) is 0 Å². The van der Waals surface area contributed by atoms with Crippen molar-refractivity contribution in [3.05, 3.63) is 58.1 Å². The van der Waals surface area contributed by atoms with E-state index in [2.05, 4.69) is 15.9 Å². The Morgan fingerprint density at radius 2 is 1.85 bits per heavy atom. The first-order chi connectivity index (χ1) is 9.29. The molecule has 0 aromatic heterocycles. The van der Waals surface area contributed by atoms with Crippen LogP contribution in [0.4, 0.5) is 14.5 Å². The maximum Gasteiger partial charge on any atom is 0.182 e. The number of sulfone groups is 1. The maximum absolute atomic E-state index is 13.4. The second-order valence-corrected chi connectivity index (χ2v) is 6.97. The number of hydrogen-bond acceptors (Lipinski definition) is 3. The van der Waals surface area contributed by atoms with Crippen molar-refractivity contribution in [3.8, 4) is 0 Å². The lowest BCUT2D eigenvalue weighted by molar-refractivity contribution is 0.589. The number of benzene rings is 2. The molecule has 0 saturated heterocycles. The molecule has 3 nitrogen and oxygen atoms in total. The Morgan fingerprint density at radius 3 is 2.50 bits per heavy atom. The van der Waals surface area contributed by atoms with Gasteiger partial charge in [0.05, 0.1) is 15.1 Å². The van der Waals surface area contributed by atoms with E-state index in [0.29, 0.717) is 0 Å². The number of rotatable bonds is 3. The summed E-state index contributed by atoms with van der Waals surface area (Å²) in [6.07, 6.45) is 0. The van der Waals surface area contributed by atoms with Crippen LogP contribution in [0.3, 0.4) is 0 Å². The molecule has 0 amide bonds. The van der Waals surface area contributed by atoms with Gasteiger partial charge in [0.1, 0.15) is 11.6 Å². The summed E-state index contributed by atoms with van der Waals surface area (Å²) in [4.78, 5) is -0.230. The van der Waals surface area contributed by atoms with E-state index in [0.717, 1.165) is 12.1 Å². The van der Waals surface area contributed by atoms with Crippen LogP contribution in [-0.2, 0) is 15.6 Å². The minimum atomic E-state index is -3.81. The van der Waals surface area contributed by atoms with Crippen molar-refractivity contribution in [2.45, 2.75) is 10.6 Å². The predicted molar refractivity (Wildman–Crippen MR) is 75.8 cm³/mol. The van der Waals surface area contributed by atoms with Crippen molar-refractivity contribution in [3.63, 3.8) is 0 Å². The highest BCUT2D eigenvalue weighted by atomic mass is 79.9. The zero-order valence-corrected chi connectivity index (χ0v) is 12.5. The van der Waals surface area contributed by atoms with E-state index in [1.807, 2.05) is 0 Å². The number of hydrogen-bond donors (Lipinski definition) is 1. The molecule has 2 rings (SSSR count). The lowest BCUT2D eigenvalue weighted by Gasteiger charge is -2.08. The Labute approximate surface area is 123 Å². The van der Waals surface area contributed by atoms with Gasteiger partial charge >= 0.3 is 0 Å². The molecule has 106 valence electrons. The van der Waals surface area contributed by atoms with Crippen LogP contribution < -0.4 is 5.73 Å². The summed E-state index contributed by atoms with van der Waals surface area (Å²) in [5.41, 5.74) is 5.70. The van der Waals surface area contributed by atoms with Crippen LogP contribution in [0, 0.1) is 11.6 Å². The predicted octanol–water partition coefficient (Wildman–Crippen LogP) is 3.28. The van der Waals surface area contributed by atoms with Gasteiger partial charge in [-0.1, -0.05) is 12.1 Å². The first-order valence-corrected chi connectivity index (χ1v) is 7.96. The van der Waals surface area contributed by atoms with Crippen molar-refractivity contribution < 1.29 is 17.2 Å². The standard InChI is InChI=1S/C13H10BrF2NO2S/c14-13-8(2-1-3-12(13)16)7-20(18,19)11-5-9(15)4-10(17)6-11/h1-6H,7,17H2. The fourth-order valence-electron chi connectivity index (χ4n) is 1.71. The molecule has 7 heteroatoms. The number of anilines is 1. The van der Waals surface area contributed by atoms with Crippen LogP contribution >= 0.6 is 15.9 Å². The van der Waals surface area contributed by atoms with Crippen LogP contribution in [0.1, 0.15) is 5.56 Å². The molecule has 2 aromatic rings. The van der Waals surface area contributed by atoms with Gasteiger partial charge in [0.15, 0.2) is 9.84 Å². The fraction of sp³-hybridized carbons (Fsp3) is 0.0769. The zero-order valence-electron chi connectivity index (χ0n) is 10.1. The normalized spacial score (nSPS) is 11.6. The molecule has 0 atom stereocenters. The van der Waals surface area contributed by atoms with E-state index in [1.165, 1.54) is 24.3 Å². The first kappa shape index (κ1) is 14.9. The molecule has 0 spiro atoms. The molecule has 2 aromatic carbocycles. The van der Waals surface area contributed by atoms with Crippen molar-refractivity contribution in [2.75, 3.05) is 5.73 Å². The first-order valence-electron chi connectivity index (χ1n) is 5.51. The van der Waals surface area contributed by atoms with Crippen LogP contribution in [0.2, 0.25) is 0 Å². The van der Waals surface area contributed by atoms with Crippen molar-refractivity contribution >= 4 is 31.5 Å². The van der Waals surface area contributed by atoms with E-state index in [-0.39, 0.29) is 20.6 Å². The molecule has 0 heterocycles. The van der Waals surface area contributed by atoms with Crippen LogP contribution in [-0.4, -0.2) is 8.42 Å². The Balaban J connectivity index is 2.43. The Kier molecular flexibility index (Phi) is 4.10. The summed E-state index contributed by atoms with van der Waals surface area (Å²) >= 11 is 3.00. The Hall–Kier alpha value is -1.47. The number of halogens is 3. The van der Waals surface area contributed by atoms with Crippen molar-refractivity contribution in [2.24, 2.45) is 0 Å². The SMILES string of the molecule is Nc1cc(F)cc(S(=O)(=O)Cc2cccc(F)c2Br)c1. The third-order valence-electron chi connectivity index (χ3n) is 2.63. The van der Waals surface area contributed by atoms with Crippen LogP contribution in [0.25, 0.3) is 0 Å². The van der Waals surface area contributed by atoms with Gasteiger partial charge in [-0.3, -0.25) is 0 Å². The van der Waals surface area contributed by atoms with Gasteiger partial charge < -0.3 is 5.73 Å².